The molecular formula is C19H15Cl2N3O4. The van der Waals surface area contributed by atoms with Gasteiger partial charge in [-0.25, -0.2) is 4.79 Å². The molecule has 0 bridgehead atoms. The largest absolute Gasteiger partial charge is 0.439 e. The first-order valence-electron chi connectivity index (χ1n) is 8.75. The number of nitrogens with one attached hydrogen (secondary N) is 1. The number of aromatic nitrogens is 2. The molecule has 0 unspecified atom stereocenters. The Balaban J connectivity index is 1.52. The van der Waals surface area contributed by atoms with Crippen LogP contribution in [-0.4, -0.2) is 34.0 Å². The van der Waals surface area contributed by atoms with E-state index >= 15 is 0 Å². The molecule has 2 aromatic rings. The van der Waals surface area contributed by atoms with Crippen molar-refractivity contribution in [3.05, 3.63) is 61.3 Å². The van der Waals surface area contributed by atoms with Crippen molar-refractivity contribution in [1.82, 2.24) is 10.1 Å². The summed E-state index contributed by atoms with van der Waals surface area (Å²) in [4.78, 5) is 41.6. The summed E-state index contributed by atoms with van der Waals surface area (Å²) in [5.74, 6) is -0.915. The summed E-state index contributed by atoms with van der Waals surface area (Å²) in [7, 11) is 0. The van der Waals surface area contributed by atoms with Crippen LogP contribution in [0.1, 0.15) is 34.6 Å². The predicted molar refractivity (Wildman–Crippen MR) is 103 cm³/mol. The summed E-state index contributed by atoms with van der Waals surface area (Å²) in [5, 5.41) is 4.19. The molecule has 28 heavy (non-hydrogen) atoms. The lowest BCUT2D eigenvalue weighted by atomic mass is 9.97. The van der Waals surface area contributed by atoms with E-state index < -0.39 is 11.5 Å². The van der Waals surface area contributed by atoms with Gasteiger partial charge in [-0.05, 0) is 48.1 Å². The number of benzene rings is 1. The number of halogens is 2. The zero-order valence-corrected chi connectivity index (χ0v) is 16.1. The van der Waals surface area contributed by atoms with Crippen LogP contribution in [0, 0.1) is 5.92 Å². The molecule has 1 aliphatic carbocycles. The number of carbonyl (C=O) groups excluding carboxylic acids is 2. The van der Waals surface area contributed by atoms with E-state index in [4.69, 9.17) is 23.2 Å². The Morgan fingerprint density at radius 1 is 1.21 bits per heavy atom. The molecule has 1 aromatic carbocycles. The lowest BCUT2D eigenvalue weighted by Gasteiger charge is -2.14. The predicted octanol–water partition coefficient (Wildman–Crippen LogP) is 3.00. The molecule has 1 fully saturated rings. The van der Waals surface area contributed by atoms with Crippen molar-refractivity contribution >= 4 is 40.5 Å². The Morgan fingerprint density at radius 2 is 1.93 bits per heavy atom. The zero-order valence-electron chi connectivity index (χ0n) is 14.6. The third-order valence-electron chi connectivity index (χ3n) is 4.71. The summed E-state index contributed by atoms with van der Waals surface area (Å²) >= 11 is 12.8. The fourth-order valence-electron chi connectivity index (χ4n) is 3.14. The molecule has 0 amide bonds. The second kappa shape index (κ2) is 7.48. The van der Waals surface area contributed by atoms with Crippen LogP contribution in [-0.2, 0) is 17.6 Å². The average molecular weight is 420 g/mol. The number of Topliss-reactive ketones (excluding diaryl/α,β-unsaturated/α-hetero) is 2. The zero-order chi connectivity index (χ0) is 19.8. The van der Waals surface area contributed by atoms with Crippen LogP contribution in [0.25, 0.3) is 0 Å². The number of dihydropyridines is 1. The number of rotatable bonds is 6. The van der Waals surface area contributed by atoms with E-state index in [1.54, 1.807) is 12.1 Å². The van der Waals surface area contributed by atoms with Gasteiger partial charge in [0.2, 0.25) is 11.6 Å². The SMILES string of the molecule is O=C1CN=C(Cc2c(Cl)cc(CC(=O)c3noc(=O)[nH]3)cc2Cl)C=C1C1CC1. The summed E-state index contributed by atoms with van der Waals surface area (Å²) in [5.41, 5.74) is 2.90. The molecular weight excluding hydrogens is 405 g/mol. The number of hydrogen-bond acceptors (Lipinski definition) is 6. The van der Waals surface area contributed by atoms with Gasteiger partial charge in [0.05, 0.1) is 0 Å². The van der Waals surface area contributed by atoms with Gasteiger partial charge in [0.15, 0.2) is 5.78 Å². The van der Waals surface area contributed by atoms with Crippen molar-refractivity contribution in [2.75, 3.05) is 6.54 Å². The third kappa shape index (κ3) is 4.00. The molecule has 1 N–H and O–H groups in total. The van der Waals surface area contributed by atoms with E-state index in [0.717, 1.165) is 24.1 Å². The number of allylic oxidation sites excluding steroid dienone is 1. The smallest absolute Gasteiger partial charge is 0.295 e. The van der Waals surface area contributed by atoms with Gasteiger partial charge in [0.25, 0.3) is 0 Å². The molecule has 2 aliphatic rings. The number of carbonyl (C=O) groups is 2. The van der Waals surface area contributed by atoms with Gasteiger partial charge in [0.1, 0.15) is 6.54 Å². The molecule has 0 spiro atoms. The van der Waals surface area contributed by atoms with Gasteiger partial charge in [-0.3, -0.25) is 24.1 Å². The second-order valence-electron chi connectivity index (χ2n) is 6.86. The highest BCUT2D eigenvalue weighted by Crippen LogP contribution is 2.38. The quantitative estimate of drug-likeness (QED) is 0.724. The van der Waals surface area contributed by atoms with Crippen molar-refractivity contribution in [1.29, 1.82) is 0 Å². The lowest BCUT2D eigenvalue weighted by molar-refractivity contribution is -0.114. The highest BCUT2D eigenvalue weighted by molar-refractivity contribution is 6.36. The minimum atomic E-state index is -0.792. The summed E-state index contributed by atoms with van der Waals surface area (Å²) in [6.45, 7) is 0.162. The first-order valence-corrected chi connectivity index (χ1v) is 9.50. The van der Waals surface area contributed by atoms with Crippen LogP contribution in [0.3, 0.4) is 0 Å². The van der Waals surface area contributed by atoms with Gasteiger partial charge in [0, 0.05) is 34.2 Å². The van der Waals surface area contributed by atoms with Gasteiger partial charge in [-0.2, -0.15) is 0 Å². The molecule has 1 aliphatic heterocycles. The van der Waals surface area contributed by atoms with E-state index in [2.05, 4.69) is 19.7 Å². The normalized spacial score (nSPS) is 16.7. The summed E-state index contributed by atoms with van der Waals surface area (Å²) in [6, 6.07) is 3.30. The standard InChI is InChI=1S/C19H15Cl2N3O4/c20-14-3-9(5-16(25)18-23-19(27)28-24-18)4-15(21)13(14)7-11-6-12(10-1-2-10)17(26)8-22-11/h3-4,6,10H,1-2,5,7-8H2,(H,23,24,27). The number of aromatic amines is 1. The number of hydrogen-bond donors (Lipinski definition) is 1. The van der Waals surface area contributed by atoms with Crippen LogP contribution in [0.5, 0.6) is 0 Å². The highest BCUT2D eigenvalue weighted by Gasteiger charge is 2.32. The number of ketones is 2. The van der Waals surface area contributed by atoms with Crippen LogP contribution in [0.2, 0.25) is 10.0 Å². The van der Waals surface area contributed by atoms with E-state index in [-0.39, 0.29) is 24.6 Å². The minimum Gasteiger partial charge on any atom is -0.295 e. The van der Waals surface area contributed by atoms with Gasteiger partial charge < -0.3 is 0 Å². The maximum absolute atomic E-state index is 12.2. The fourth-order valence-corrected chi connectivity index (χ4v) is 3.81. The minimum absolute atomic E-state index is 0.0383. The van der Waals surface area contributed by atoms with Crippen LogP contribution in [0.15, 0.2) is 38.1 Å². The molecule has 4 rings (SSSR count). The Hall–Kier alpha value is -2.51. The lowest BCUT2D eigenvalue weighted by Crippen LogP contribution is -2.18. The summed E-state index contributed by atoms with van der Waals surface area (Å²) in [6.07, 6.45) is 4.32. The van der Waals surface area contributed by atoms with E-state index in [9.17, 15) is 14.4 Å². The van der Waals surface area contributed by atoms with Crippen LogP contribution >= 0.6 is 23.2 Å². The molecule has 2 heterocycles. The molecule has 7 nitrogen and oxygen atoms in total. The Kier molecular flexibility index (Phi) is 5.03. The van der Waals surface area contributed by atoms with Gasteiger partial charge in [-0.15, -0.1) is 0 Å². The van der Waals surface area contributed by atoms with Crippen LogP contribution in [0.4, 0.5) is 0 Å². The van der Waals surface area contributed by atoms with Crippen molar-refractivity contribution < 1.29 is 14.1 Å². The van der Waals surface area contributed by atoms with E-state index in [0.29, 0.717) is 33.5 Å². The summed E-state index contributed by atoms with van der Waals surface area (Å²) < 4.78 is 4.34. The average Bonchev–Trinajstić information content (AvgIpc) is 3.39. The fraction of sp³-hybridized carbons (Fsp3) is 0.316. The van der Waals surface area contributed by atoms with Gasteiger partial charge >= 0.3 is 5.76 Å². The Bertz CT molecular complexity index is 1070. The second-order valence-corrected chi connectivity index (χ2v) is 7.68. The van der Waals surface area contributed by atoms with Crippen molar-refractivity contribution in [2.45, 2.75) is 25.7 Å². The van der Waals surface area contributed by atoms with Crippen molar-refractivity contribution in [3.63, 3.8) is 0 Å². The monoisotopic (exact) mass is 419 g/mol. The molecule has 0 radical (unpaired) electrons. The number of aliphatic imine (C=N–C) groups is 1. The van der Waals surface area contributed by atoms with Crippen molar-refractivity contribution in [3.8, 4) is 0 Å². The number of nitrogens with zero attached hydrogens (tertiary/aromatic N) is 2. The maximum atomic E-state index is 12.2. The Labute approximate surface area is 169 Å². The molecule has 1 aromatic heterocycles. The van der Waals surface area contributed by atoms with E-state index in [1.165, 1.54) is 0 Å². The first kappa shape index (κ1) is 18.8. The molecule has 144 valence electrons. The molecule has 9 heteroatoms. The molecule has 1 saturated carbocycles. The van der Waals surface area contributed by atoms with Gasteiger partial charge in [-0.1, -0.05) is 28.4 Å². The maximum Gasteiger partial charge on any atom is 0.439 e. The Morgan fingerprint density at radius 3 is 2.54 bits per heavy atom. The number of H-pyrrole nitrogens is 1. The highest BCUT2D eigenvalue weighted by atomic mass is 35.5. The first-order chi connectivity index (χ1) is 13.4. The molecule has 0 saturated heterocycles. The van der Waals surface area contributed by atoms with Crippen molar-refractivity contribution in [2.24, 2.45) is 10.9 Å². The topological polar surface area (TPSA) is 105 Å². The van der Waals surface area contributed by atoms with E-state index in [1.807, 2.05) is 6.08 Å². The third-order valence-corrected chi connectivity index (χ3v) is 5.39. The molecule has 0 atom stereocenters. The van der Waals surface area contributed by atoms with Crippen LogP contribution < -0.4 is 5.76 Å².